The third kappa shape index (κ3) is 5.43. The molecule has 3 rings (SSSR count). The lowest BCUT2D eigenvalue weighted by Gasteiger charge is -2.14. The van der Waals surface area contributed by atoms with Gasteiger partial charge < -0.3 is 5.32 Å². The first-order valence-corrected chi connectivity index (χ1v) is 11.4. The lowest BCUT2D eigenvalue weighted by molar-refractivity contribution is 0.102. The van der Waals surface area contributed by atoms with Gasteiger partial charge in [-0.2, -0.15) is 0 Å². The molecule has 2 N–H and O–H groups in total. The molecule has 0 aromatic heterocycles. The monoisotopic (exact) mass is 532 g/mol. The summed E-state index contributed by atoms with van der Waals surface area (Å²) in [5, 5.41) is 3.74. The zero-order chi connectivity index (χ0) is 21.2. The van der Waals surface area contributed by atoms with Crippen LogP contribution in [0.2, 0.25) is 15.1 Å². The first kappa shape index (κ1) is 21.9. The van der Waals surface area contributed by atoms with Gasteiger partial charge in [-0.25, -0.2) is 8.42 Å². The molecule has 0 bridgehead atoms. The van der Waals surface area contributed by atoms with Crippen molar-refractivity contribution in [1.29, 1.82) is 0 Å². The van der Waals surface area contributed by atoms with E-state index in [2.05, 4.69) is 26.0 Å². The number of anilines is 2. The summed E-state index contributed by atoms with van der Waals surface area (Å²) in [6.07, 6.45) is 0. The van der Waals surface area contributed by atoms with Crippen molar-refractivity contribution in [1.82, 2.24) is 0 Å². The molecule has 0 aliphatic heterocycles. The molecule has 0 atom stereocenters. The number of sulfonamides is 1. The standard InChI is InChI=1S/C19H12BrCl3N2O3S/c20-11-1-7-17(25-29(27,28)14-5-2-12(21)3-6-14)15(9-11)19(26)24-18-8-4-13(22)10-16(18)23/h1-10,25H,(H,24,26). The van der Waals surface area contributed by atoms with Crippen molar-refractivity contribution in [3.8, 4) is 0 Å². The van der Waals surface area contributed by atoms with Gasteiger partial charge in [-0.1, -0.05) is 50.7 Å². The minimum atomic E-state index is -3.93. The third-order valence-electron chi connectivity index (χ3n) is 3.77. The zero-order valence-electron chi connectivity index (χ0n) is 14.4. The summed E-state index contributed by atoms with van der Waals surface area (Å²) in [7, 11) is -3.93. The maximum absolute atomic E-state index is 12.8. The summed E-state index contributed by atoms with van der Waals surface area (Å²) in [6, 6.07) is 14.9. The number of carbonyl (C=O) groups excluding carboxylic acids is 1. The highest BCUT2D eigenvalue weighted by atomic mass is 79.9. The minimum absolute atomic E-state index is 0.0110. The van der Waals surface area contributed by atoms with E-state index in [0.29, 0.717) is 20.2 Å². The van der Waals surface area contributed by atoms with Crippen LogP contribution in [0, 0.1) is 0 Å². The fourth-order valence-electron chi connectivity index (χ4n) is 2.39. The van der Waals surface area contributed by atoms with Crippen molar-refractivity contribution in [2.45, 2.75) is 4.90 Å². The van der Waals surface area contributed by atoms with Crippen molar-refractivity contribution in [3.05, 3.63) is 85.8 Å². The van der Waals surface area contributed by atoms with Gasteiger partial charge in [0.2, 0.25) is 0 Å². The first-order valence-electron chi connectivity index (χ1n) is 8.00. The van der Waals surface area contributed by atoms with Gasteiger partial charge in [0.15, 0.2) is 0 Å². The van der Waals surface area contributed by atoms with Gasteiger partial charge in [0.25, 0.3) is 15.9 Å². The average Bonchev–Trinajstić information content (AvgIpc) is 2.65. The highest BCUT2D eigenvalue weighted by Crippen LogP contribution is 2.29. The largest absolute Gasteiger partial charge is 0.321 e. The molecule has 29 heavy (non-hydrogen) atoms. The fourth-order valence-corrected chi connectivity index (χ4v) is 4.41. The summed E-state index contributed by atoms with van der Waals surface area (Å²) in [6.45, 7) is 0. The maximum Gasteiger partial charge on any atom is 0.261 e. The molecule has 0 aliphatic rings. The Morgan fingerprint density at radius 3 is 2.10 bits per heavy atom. The molecule has 1 amide bonds. The number of rotatable bonds is 5. The molecule has 150 valence electrons. The number of benzene rings is 3. The van der Waals surface area contributed by atoms with Crippen LogP contribution in [0.4, 0.5) is 11.4 Å². The molecule has 0 fully saturated rings. The Kier molecular flexibility index (Phi) is 6.76. The number of halogens is 4. The molecular weight excluding hydrogens is 523 g/mol. The second kappa shape index (κ2) is 8.93. The van der Waals surface area contributed by atoms with Gasteiger partial charge in [0, 0.05) is 14.5 Å². The van der Waals surface area contributed by atoms with Crippen LogP contribution in [0.25, 0.3) is 0 Å². The zero-order valence-corrected chi connectivity index (χ0v) is 19.1. The topological polar surface area (TPSA) is 75.3 Å². The smallest absolute Gasteiger partial charge is 0.261 e. The number of amides is 1. The molecule has 0 saturated carbocycles. The molecule has 0 unspecified atom stereocenters. The third-order valence-corrected chi connectivity index (χ3v) is 6.45. The maximum atomic E-state index is 12.8. The Morgan fingerprint density at radius 1 is 0.828 bits per heavy atom. The Morgan fingerprint density at radius 2 is 1.45 bits per heavy atom. The van der Waals surface area contributed by atoms with Gasteiger partial charge in [-0.15, -0.1) is 0 Å². The van der Waals surface area contributed by atoms with Crippen molar-refractivity contribution < 1.29 is 13.2 Å². The van der Waals surface area contributed by atoms with E-state index in [0.717, 1.165) is 0 Å². The predicted octanol–water partition coefficient (Wildman–Crippen LogP) is 6.46. The van der Waals surface area contributed by atoms with E-state index in [1.54, 1.807) is 18.2 Å². The van der Waals surface area contributed by atoms with Crippen LogP contribution in [0.3, 0.4) is 0 Å². The highest BCUT2D eigenvalue weighted by molar-refractivity contribution is 9.10. The molecule has 10 heteroatoms. The van der Waals surface area contributed by atoms with E-state index >= 15 is 0 Å². The average molecular weight is 535 g/mol. The van der Waals surface area contributed by atoms with Gasteiger partial charge in [0.1, 0.15) is 0 Å². The van der Waals surface area contributed by atoms with Crippen LogP contribution in [0.15, 0.2) is 70.0 Å². The number of hydrogen-bond donors (Lipinski definition) is 2. The first-order chi connectivity index (χ1) is 13.7. The summed E-state index contributed by atoms with van der Waals surface area (Å²) < 4.78 is 28.4. The van der Waals surface area contributed by atoms with Crippen molar-refractivity contribution in [2.24, 2.45) is 0 Å². The van der Waals surface area contributed by atoms with Gasteiger partial charge >= 0.3 is 0 Å². The highest BCUT2D eigenvalue weighted by Gasteiger charge is 2.20. The van der Waals surface area contributed by atoms with Crippen molar-refractivity contribution in [3.63, 3.8) is 0 Å². The van der Waals surface area contributed by atoms with Crippen molar-refractivity contribution in [2.75, 3.05) is 10.0 Å². The molecule has 0 radical (unpaired) electrons. The van der Waals surface area contributed by atoms with E-state index in [9.17, 15) is 13.2 Å². The van der Waals surface area contributed by atoms with Crippen LogP contribution in [0.1, 0.15) is 10.4 Å². The Bertz CT molecular complexity index is 1190. The normalized spacial score (nSPS) is 11.2. The van der Waals surface area contributed by atoms with Gasteiger partial charge in [-0.3, -0.25) is 9.52 Å². The van der Waals surface area contributed by atoms with Gasteiger partial charge in [-0.05, 0) is 60.7 Å². The molecule has 0 saturated heterocycles. The second-order valence-electron chi connectivity index (χ2n) is 5.83. The summed E-state index contributed by atoms with van der Waals surface area (Å²) >= 11 is 21.1. The van der Waals surface area contributed by atoms with Crippen LogP contribution in [-0.4, -0.2) is 14.3 Å². The van der Waals surface area contributed by atoms with E-state index < -0.39 is 15.9 Å². The number of nitrogens with one attached hydrogen (secondary N) is 2. The summed E-state index contributed by atoms with van der Waals surface area (Å²) in [5.41, 5.74) is 0.543. The number of carbonyl (C=O) groups is 1. The molecule has 0 heterocycles. The predicted molar refractivity (Wildman–Crippen MR) is 121 cm³/mol. The molecule has 3 aromatic carbocycles. The molecule has 0 spiro atoms. The van der Waals surface area contributed by atoms with Crippen LogP contribution in [0.5, 0.6) is 0 Å². The van der Waals surface area contributed by atoms with E-state index in [1.165, 1.54) is 42.5 Å². The fraction of sp³-hybridized carbons (Fsp3) is 0. The molecule has 0 aliphatic carbocycles. The molecule has 5 nitrogen and oxygen atoms in total. The number of hydrogen-bond acceptors (Lipinski definition) is 3. The van der Waals surface area contributed by atoms with Crippen LogP contribution >= 0.6 is 50.7 Å². The van der Waals surface area contributed by atoms with Crippen LogP contribution in [-0.2, 0) is 10.0 Å². The second-order valence-corrected chi connectivity index (χ2v) is 9.71. The van der Waals surface area contributed by atoms with E-state index in [-0.39, 0.29) is 21.2 Å². The Balaban J connectivity index is 1.93. The molecular formula is C19H12BrCl3N2O3S. The van der Waals surface area contributed by atoms with Crippen LogP contribution < -0.4 is 10.0 Å². The lowest BCUT2D eigenvalue weighted by Crippen LogP contribution is -2.19. The summed E-state index contributed by atoms with van der Waals surface area (Å²) in [4.78, 5) is 12.8. The molecule has 3 aromatic rings. The summed E-state index contributed by atoms with van der Waals surface area (Å²) in [5.74, 6) is -0.552. The van der Waals surface area contributed by atoms with E-state index in [4.69, 9.17) is 34.8 Å². The van der Waals surface area contributed by atoms with Crippen molar-refractivity contribution >= 4 is 78.0 Å². The Hall–Kier alpha value is -1.77. The SMILES string of the molecule is O=C(Nc1ccc(Cl)cc1Cl)c1cc(Br)ccc1NS(=O)(=O)c1ccc(Cl)cc1. The van der Waals surface area contributed by atoms with E-state index in [1.807, 2.05) is 0 Å². The minimum Gasteiger partial charge on any atom is -0.321 e. The van der Waals surface area contributed by atoms with Gasteiger partial charge in [0.05, 0.1) is 26.9 Å². The quantitative estimate of drug-likeness (QED) is 0.394. The lowest BCUT2D eigenvalue weighted by atomic mass is 10.1. The Labute approximate surface area is 191 Å².